The lowest BCUT2D eigenvalue weighted by Gasteiger charge is -2.20. The molecule has 82 valence electrons. The Morgan fingerprint density at radius 2 is 2.20 bits per heavy atom. The van der Waals surface area contributed by atoms with E-state index in [1.807, 2.05) is 19.9 Å². The highest BCUT2D eigenvalue weighted by Gasteiger charge is 2.20. The maximum absolute atomic E-state index is 14.0. The van der Waals surface area contributed by atoms with Crippen LogP contribution in [0.1, 0.15) is 30.9 Å². The summed E-state index contributed by atoms with van der Waals surface area (Å²) in [6.07, 6.45) is 0.557. The van der Waals surface area contributed by atoms with E-state index >= 15 is 0 Å². The molecule has 1 aliphatic rings. The molecular weight excluding hydrogens is 213 g/mol. The summed E-state index contributed by atoms with van der Waals surface area (Å²) >= 11 is 0. The van der Waals surface area contributed by atoms with E-state index in [1.54, 1.807) is 6.07 Å². The molecule has 0 radical (unpaired) electrons. The first-order valence-electron chi connectivity index (χ1n) is 5.06. The normalized spacial score (nSPS) is 19.9. The zero-order valence-electron chi connectivity index (χ0n) is 8.84. The third-order valence-corrected chi connectivity index (χ3v) is 3.68. The largest absolute Gasteiger partial charge is 0.305 e. The highest BCUT2D eigenvalue weighted by molar-refractivity contribution is 7.86. The number of benzene rings is 1. The van der Waals surface area contributed by atoms with Crippen LogP contribution in [0.5, 0.6) is 0 Å². The third-order valence-electron chi connectivity index (χ3n) is 2.66. The second kappa shape index (κ2) is 3.93. The van der Waals surface area contributed by atoms with E-state index in [0.717, 1.165) is 5.56 Å². The van der Waals surface area contributed by atoms with Crippen LogP contribution in [-0.2, 0) is 17.4 Å². The second-order valence-corrected chi connectivity index (χ2v) is 5.35. The number of hydrogen-bond donors (Lipinski definition) is 1. The number of anilines is 1. The average molecular weight is 227 g/mol. The Bertz CT molecular complexity index is 417. The molecule has 1 aliphatic heterocycles. The van der Waals surface area contributed by atoms with Crippen LogP contribution < -0.4 is 4.72 Å². The van der Waals surface area contributed by atoms with E-state index in [0.29, 0.717) is 23.4 Å². The van der Waals surface area contributed by atoms with Crippen LogP contribution in [0.15, 0.2) is 12.1 Å². The van der Waals surface area contributed by atoms with E-state index in [1.165, 1.54) is 0 Å². The van der Waals surface area contributed by atoms with Crippen molar-refractivity contribution in [1.82, 2.24) is 0 Å². The van der Waals surface area contributed by atoms with E-state index in [4.69, 9.17) is 0 Å². The van der Waals surface area contributed by atoms with Crippen molar-refractivity contribution in [2.45, 2.75) is 26.2 Å². The fourth-order valence-electron chi connectivity index (χ4n) is 1.79. The molecule has 4 heteroatoms. The topological polar surface area (TPSA) is 29.1 Å². The van der Waals surface area contributed by atoms with Gasteiger partial charge in [0.05, 0.1) is 5.69 Å². The van der Waals surface area contributed by atoms with Gasteiger partial charge in [-0.2, -0.15) is 0 Å². The van der Waals surface area contributed by atoms with Gasteiger partial charge >= 0.3 is 0 Å². The Morgan fingerprint density at radius 3 is 2.87 bits per heavy atom. The van der Waals surface area contributed by atoms with E-state index < -0.39 is 11.0 Å². The van der Waals surface area contributed by atoms with Crippen molar-refractivity contribution in [3.8, 4) is 0 Å². The van der Waals surface area contributed by atoms with Crippen LogP contribution in [0.25, 0.3) is 0 Å². The summed E-state index contributed by atoms with van der Waals surface area (Å²) in [6.45, 7) is 3.94. The minimum atomic E-state index is -1.04. The van der Waals surface area contributed by atoms with E-state index in [-0.39, 0.29) is 11.7 Å². The molecule has 1 unspecified atom stereocenters. The maximum Gasteiger partial charge on any atom is 0.131 e. The molecule has 1 heterocycles. The van der Waals surface area contributed by atoms with Crippen LogP contribution in [0, 0.1) is 5.82 Å². The molecule has 0 aliphatic carbocycles. The van der Waals surface area contributed by atoms with Crippen molar-refractivity contribution in [2.24, 2.45) is 0 Å². The van der Waals surface area contributed by atoms with Crippen molar-refractivity contribution in [1.29, 1.82) is 0 Å². The van der Waals surface area contributed by atoms with Gasteiger partial charge in [0.25, 0.3) is 0 Å². The lowest BCUT2D eigenvalue weighted by atomic mass is 9.97. The molecule has 0 fully saturated rings. The van der Waals surface area contributed by atoms with E-state index in [9.17, 15) is 8.60 Å². The molecule has 2 rings (SSSR count). The average Bonchev–Trinajstić information content (AvgIpc) is 2.17. The van der Waals surface area contributed by atoms with Crippen molar-refractivity contribution in [3.05, 3.63) is 29.1 Å². The van der Waals surface area contributed by atoms with Gasteiger partial charge in [0, 0.05) is 11.3 Å². The van der Waals surface area contributed by atoms with Gasteiger partial charge in [-0.1, -0.05) is 19.9 Å². The van der Waals surface area contributed by atoms with Crippen LogP contribution in [0.3, 0.4) is 0 Å². The molecule has 1 aromatic carbocycles. The van der Waals surface area contributed by atoms with Crippen molar-refractivity contribution in [2.75, 3.05) is 10.5 Å². The van der Waals surface area contributed by atoms with Crippen LogP contribution >= 0.6 is 0 Å². The van der Waals surface area contributed by atoms with Crippen molar-refractivity contribution >= 4 is 16.7 Å². The quantitative estimate of drug-likeness (QED) is 0.785. The predicted molar refractivity (Wildman–Crippen MR) is 60.8 cm³/mol. The number of fused-ring (bicyclic) bond motifs is 1. The summed E-state index contributed by atoms with van der Waals surface area (Å²) in [6, 6.07) is 3.60. The van der Waals surface area contributed by atoms with Gasteiger partial charge in [-0.15, -0.1) is 0 Å². The number of halogens is 1. The lowest BCUT2D eigenvalue weighted by Crippen LogP contribution is -2.19. The zero-order chi connectivity index (χ0) is 11.0. The van der Waals surface area contributed by atoms with Gasteiger partial charge in [0.2, 0.25) is 0 Å². The van der Waals surface area contributed by atoms with Gasteiger partial charge in [-0.3, -0.25) is 0 Å². The molecule has 2 nitrogen and oxygen atoms in total. The molecule has 0 saturated carbocycles. The molecule has 0 amide bonds. The highest BCUT2D eigenvalue weighted by Crippen LogP contribution is 2.29. The van der Waals surface area contributed by atoms with Crippen molar-refractivity contribution < 1.29 is 8.60 Å². The first-order chi connectivity index (χ1) is 7.09. The Balaban J connectivity index is 2.49. The number of rotatable bonds is 1. The monoisotopic (exact) mass is 227 g/mol. The molecule has 1 N–H and O–H groups in total. The summed E-state index contributed by atoms with van der Waals surface area (Å²) < 4.78 is 28.0. The van der Waals surface area contributed by atoms with Gasteiger partial charge < -0.3 is 4.72 Å². The molecule has 1 atom stereocenters. The summed E-state index contributed by atoms with van der Waals surface area (Å²) in [7, 11) is -1.04. The second-order valence-electron chi connectivity index (χ2n) is 4.05. The summed E-state index contributed by atoms with van der Waals surface area (Å²) in [4.78, 5) is 0. The van der Waals surface area contributed by atoms with Gasteiger partial charge in [0.1, 0.15) is 16.8 Å². The number of nitrogens with one attached hydrogen (secondary N) is 1. The first-order valence-corrected chi connectivity index (χ1v) is 6.37. The summed E-state index contributed by atoms with van der Waals surface area (Å²) in [5.41, 5.74) is 2.10. The zero-order valence-corrected chi connectivity index (χ0v) is 9.66. The summed E-state index contributed by atoms with van der Waals surface area (Å²) in [5.74, 6) is 0.542. The van der Waals surface area contributed by atoms with Gasteiger partial charge in [0.15, 0.2) is 0 Å². The molecule has 1 aromatic rings. The number of hydrogen-bond acceptors (Lipinski definition) is 1. The van der Waals surface area contributed by atoms with E-state index in [2.05, 4.69) is 4.72 Å². The van der Waals surface area contributed by atoms with Gasteiger partial charge in [-0.05, 0) is 24.0 Å². The molecule has 0 bridgehead atoms. The molecule has 0 saturated heterocycles. The van der Waals surface area contributed by atoms with Crippen molar-refractivity contribution in [3.63, 3.8) is 0 Å². The Morgan fingerprint density at radius 1 is 1.47 bits per heavy atom. The van der Waals surface area contributed by atoms with Crippen LogP contribution in [0.2, 0.25) is 0 Å². The maximum atomic E-state index is 14.0. The van der Waals surface area contributed by atoms with Crippen LogP contribution in [-0.4, -0.2) is 9.96 Å². The summed E-state index contributed by atoms with van der Waals surface area (Å²) in [5, 5.41) is 0. The minimum Gasteiger partial charge on any atom is -0.305 e. The highest BCUT2D eigenvalue weighted by atomic mass is 32.2. The standard InChI is InChI=1S/C11H14FNOS/c1-7(2)8-3-4-10-9(11(8)12)5-6-15(14)13-10/h3-4,7,13H,5-6H2,1-2H3. The van der Waals surface area contributed by atoms with Gasteiger partial charge in [-0.25, -0.2) is 8.60 Å². The molecule has 0 spiro atoms. The predicted octanol–water partition coefficient (Wildman–Crippen LogP) is 2.58. The third kappa shape index (κ3) is 1.91. The fraction of sp³-hybridized carbons (Fsp3) is 0.455. The van der Waals surface area contributed by atoms with Crippen LogP contribution in [0.4, 0.5) is 10.1 Å². The smallest absolute Gasteiger partial charge is 0.131 e. The Hall–Kier alpha value is -0.900. The Labute approximate surface area is 91.5 Å². The minimum absolute atomic E-state index is 0.133. The molecule has 15 heavy (non-hydrogen) atoms. The molecular formula is C11H14FNOS. The lowest BCUT2D eigenvalue weighted by molar-refractivity contribution is 0.584. The fourth-order valence-corrected chi connectivity index (χ4v) is 2.72. The SMILES string of the molecule is CC(C)c1ccc2c(c1F)CCS(=O)N2. The Kier molecular flexibility index (Phi) is 2.78. The molecule has 0 aromatic heterocycles. The first kappa shape index (κ1) is 10.6.